The second-order valence-electron chi connectivity index (χ2n) is 14.3. The van der Waals surface area contributed by atoms with E-state index in [1.165, 1.54) is 40.4 Å². The van der Waals surface area contributed by atoms with E-state index in [9.17, 15) is 19.2 Å². The minimum atomic E-state index is -1.82. The number of ether oxygens (including phenoxy) is 1. The Morgan fingerprint density at radius 3 is 1.80 bits per heavy atom. The van der Waals surface area contributed by atoms with Crippen molar-refractivity contribution in [2.24, 2.45) is 5.92 Å². The second-order valence-corrected chi connectivity index (χ2v) is 15.0. The smallest absolute Gasteiger partial charge is 0.414 e. The van der Waals surface area contributed by atoms with Crippen molar-refractivity contribution in [3.63, 3.8) is 0 Å². The van der Waals surface area contributed by atoms with Crippen LogP contribution in [-0.2, 0) is 48.6 Å². The summed E-state index contributed by atoms with van der Waals surface area (Å²) in [5.41, 5.74) is 0.0402. The van der Waals surface area contributed by atoms with Gasteiger partial charge in [-0.2, -0.15) is 9.97 Å². The van der Waals surface area contributed by atoms with Gasteiger partial charge in [0.25, 0.3) is 0 Å². The first-order valence-electron chi connectivity index (χ1n) is 18.9. The number of alkyl halides is 1. The Balaban J connectivity index is 0.000000211. The third kappa shape index (κ3) is 10.2. The number of benzene rings is 1. The predicted molar refractivity (Wildman–Crippen MR) is 203 cm³/mol. The summed E-state index contributed by atoms with van der Waals surface area (Å²) in [6.07, 6.45) is 11.9. The molecule has 294 valence electrons. The molecule has 17 heteroatoms. The van der Waals surface area contributed by atoms with Crippen molar-refractivity contribution >= 4 is 27.9 Å². The molecular weight excluding hydrogens is 766 g/mol. The maximum absolute atomic E-state index is 12.8. The summed E-state index contributed by atoms with van der Waals surface area (Å²) in [5, 5.41) is 15.6. The molecule has 2 N–H and O–H groups in total. The van der Waals surface area contributed by atoms with E-state index >= 15 is 0 Å². The van der Waals surface area contributed by atoms with Gasteiger partial charge < -0.3 is 14.9 Å². The Bertz CT molecular complexity index is 2000. The minimum absolute atomic E-state index is 0.172. The number of hydrogen-bond donors (Lipinski definition) is 2. The third-order valence-electron chi connectivity index (χ3n) is 10.6. The fourth-order valence-corrected chi connectivity index (χ4v) is 8.15. The molecule has 7 rings (SSSR count). The summed E-state index contributed by atoms with van der Waals surface area (Å²) < 4.78 is 12.1. The zero-order chi connectivity index (χ0) is 38.8. The van der Waals surface area contributed by atoms with Crippen molar-refractivity contribution < 1.29 is 24.5 Å². The summed E-state index contributed by atoms with van der Waals surface area (Å²) >= 11 is 3.29. The summed E-state index contributed by atoms with van der Waals surface area (Å²) in [7, 11) is 0. The van der Waals surface area contributed by atoms with Gasteiger partial charge in [0.05, 0.1) is 6.61 Å². The van der Waals surface area contributed by atoms with Gasteiger partial charge in [-0.1, -0.05) is 34.1 Å². The Labute approximate surface area is 320 Å². The SMILES string of the molecule is Cc1ccccc1OCC1CC2CCC(C1)N2CCCn1c(=O)nc2n(c1=O)CCCC2.O=C(O)C(=O)O.O=c1nc2n(c(=O)n1CCCBr)CCCC2. The summed E-state index contributed by atoms with van der Waals surface area (Å²) in [4.78, 5) is 77.8. The van der Waals surface area contributed by atoms with E-state index in [2.05, 4.69) is 49.9 Å². The zero-order valence-electron chi connectivity index (χ0n) is 30.7. The van der Waals surface area contributed by atoms with E-state index < -0.39 is 17.6 Å². The van der Waals surface area contributed by atoms with Gasteiger partial charge in [0.2, 0.25) is 0 Å². The van der Waals surface area contributed by atoms with Gasteiger partial charge in [-0.3, -0.25) is 14.0 Å². The summed E-state index contributed by atoms with van der Waals surface area (Å²) in [6.45, 7) is 6.10. The Kier molecular flexibility index (Phi) is 14.6. The van der Waals surface area contributed by atoms with Gasteiger partial charge in [0.1, 0.15) is 17.4 Å². The number of rotatable bonds is 10. The molecule has 4 aliphatic rings. The molecule has 2 saturated heterocycles. The predicted octanol–water partition coefficient (Wildman–Crippen LogP) is 2.44. The lowest BCUT2D eigenvalue weighted by atomic mass is 9.91. The fraction of sp³-hybridized carbons (Fsp3) is 0.622. The lowest BCUT2D eigenvalue weighted by molar-refractivity contribution is -0.159. The molecular formula is C37H50BrN7O9. The van der Waals surface area contributed by atoms with Gasteiger partial charge in [0.15, 0.2) is 0 Å². The number of aryl methyl sites for hydroxylation is 3. The summed E-state index contributed by atoms with van der Waals surface area (Å²) in [5.74, 6) is -0.741. The normalized spacial score (nSPS) is 20.0. The van der Waals surface area contributed by atoms with Crippen molar-refractivity contribution in [2.45, 2.75) is 122 Å². The van der Waals surface area contributed by atoms with Crippen LogP contribution < -0.4 is 27.5 Å². The van der Waals surface area contributed by atoms with Crippen LogP contribution in [0.4, 0.5) is 0 Å². The van der Waals surface area contributed by atoms with Gasteiger partial charge in [-0.15, -0.1) is 0 Å². The highest BCUT2D eigenvalue weighted by molar-refractivity contribution is 9.09. The Morgan fingerprint density at radius 2 is 1.30 bits per heavy atom. The molecule has 1 aromatic carbocycles. The van der Waals surface area contributed by atoms with E-state index in [1.807, 2.05) is 12.1 Å². The number of para-hydroxylation sites is 1. The van der Waals surface area contributed by atoms with Gasteiger partial charge in [-0.05, 0) is 88.7 Å². The number of carbonyl (C=O) groups is 2. The number of nitrogens with zero attached hydrogens (tertiary/aromatic N) is 7. The number of hydrogen-bond acceptors (Lipinski definition) is 10. The molecule has 2 bridgehead atoms. The van der Waals surface area contributed by atoms with Crippen LogP contribution in [0.2, 0.25) is 0 Å². The van der Waals surface area contributed by atoms with Crippen LogP contribution in [0, 0.1) is 12.8 Å². The molecule has 0 spiro atoms. The molecule has 16 nitrogen and oxygen atoms in total. The Morgan fingerprint density at radius 1 is 0.778 bits per heavy atom. The topological polar surface area (TPSA) is 201 Å². The van der Waals surface area contributed by atoms with Gasteiger partial charge >= 0.3 is 34.7 Å². The largest absolute Gasteiger partial charge is 0.493 e. The average Bonchev–Trinajstić information content (AvgIpc) is 3.39. The Hall–Kier alpha value is -4.38. The quantitative estimate of drug-likeness (QED) is 0.224. The molecule has 0 radical (unpaired) electrons. The number of carboxylic acids is 2. The highest BCUT2D eigenvalue weighted by atomic mass is 79.9. The highest BCUT2D eigenvalue weighted by Gasteiger charge is 2.40. The van der Waals surface area contributed by atoms with Crippen LogP contribution in [0.3, 0.4) is 0 Å². The molecule has 2 atom stereocenters. The van der Waals surface area contributed by atoms with Crippen LogP contribution in [0.5, 0.6) is 5.75 Å². The maximum Gasteiger partial charge on any atom is 0.414 e. The molecule has 0 amide bonds. The van der Waals surface area contributed by atoms with Crippen molar-refractivity contribution in [1.29, 1.82) is 0 Å². The fourth-order valence-electron chi connectivity index (χ4n) is 7.90. The number of aliphatic carboxylic acids is 2. The lowest BCUT2D eigenvalue weighted by Crippen LogP contribution is -2.46. The molecule has 0 saturated carbocycles. The average molecular weight is 817 g/mol. The van der Waals surface area contributed by atoms with Crippen LogP contribution in [-0.4, -0.2) is 85.9 Å². The third-order valence-corrected chi connectivity index (χ3v) is 11.1. The zero-order valence-corrected chi connectivity index (χ0v) is 32.3. The number of fused-ring (bicyclic) bond motifs is 4. The molecule has 54 heavy (non-hydrogen) atoms. The van der Waals surface area contributed by atoms with Gasteiger partial charge in [0, 0.05) is 63.0 Å². The first kappa shape index (κ1) is 40.8. The van der Waals surface area contributed by atoms with Crippen molar-refractivity contribution in [2.75, 3.05) is 18.5 Å². The van der Waals surface area contributed by atoms with Crippen molar-refractivity contribution in [3.8, 4) is 5.75 Å². The van der Waals surface area contributed by atoms with Gasteiger partial charge in [-0.25, -0.2) is 37.9 Å². The molecule has 2 fully saturated rings. The minimum Gasteiger partial charge on any atom is -0.493 e. The van der Waals surface area contributed by atoms with Crippen molar-refractivity contribution in [3.05, 3.63) is 83.4 Å². The lowest BCUT2D eigenvalue weighted by Gasteiger charge is -2.39. The van der Waals surface area contributed by atoms with Crippen LogP contribution in [0.25, 0.3) is 0 Å². The molecule has 0 aliphatic carbocycles. The molecule has 4 aliphatic heterocycles. The summed E-state index contributed by atoms with van der Waals surface area (Å²) in [6, 6.07) is 9.42. The van der Waals surface area contributed by atoms with E-state index in [4.69, 9.17) is 24.5 Å². The molecule has 6 heterocycles. The van der Waals surface area contributed by atoms with E-state index in [-0.39, 0.29) is 17.1 Å². The highest BCUT2D eigenvalue weighted by Crippen LogP contribution is 2.39. The van der Waals surface area contributed by atoms with Crippen LogP contribution >= 0.6 is 15.9 Å². The number of aromatic nitrogens is 6. The molecule has 2 aromatic heterocycles. The van der Waals surface area contributed by atoms with E-state index in [1.54, 1.807) is 9.13 Å². The van der Waals surface area contributed by atoms with E-state index in [0.29, 0.717) is 55.8 Å². The van der Waals surface area contributed by atoms with Crippen LogP contribution in [0.1, 0.15) is 81.4 Å². The second kappa shape index (κ2) is 19.3. The molecule has 3 aromatic rings. The standard InChI is InChI=1S/C25H34N4O3.C10H14BrN3O2.C2H2O4/c1-18-7-2-3-8-22(18)32-17-19-15-20-10-11-21(16-19)27(20)13-6-14-29-24(30)26-23-9-4-5-12-28(23)25(29)31;11-5-3-7-14-9(15)12-8-4-1-2-6-13(8)10(14)16;3-1(4)2(5)6/h2-3,7-8,19-21H,4-6,9-17H2,1H3;1-7H2;(H,3,4)(H,5,6). The maximum atomic E-state index is 12.8. The first-order chi connectivity index (χ1) is 26.0. The monoisotopic (exact) mass is 815 g/mol. The number of piperidine rings is 1. The van der Waals surface area contributed by atoms with Crippen molar-refractivity contribution in [1.82, 2.24) is 33.1 Å². The van der Waals surface area contributed by atoms with Crippen LogP contribution in [0.15, 0.2) is 43.4 Å². The van der Waals surface area contributed by atoms with E-state index in [0.717, 1.165) is 75.6 Å². The first-order valence-corrected chi connectivity index (χ1v) is 20.0. The number of halogens is 1. The number of carboxylic acid groups (broad SMARTS) is 2. The molecule has 2 unspecified atom stereocenters.